The number of rotatable bonds is 4. The van der Waals surface area contributed by atoms with Gasteiger partial charge in [0.25, 0.3) is 0 Å². The lowest BCUT2D eigenvalue weighted by molar-refractivity contribution is 0.276. The third-order valence-electron chi connectivity index (χ3n) is 1.69. The Balaban J connectivity index is 3.02. The summed E-state index contributed by atoms with van der Waals surface area (Å²) in [5.41, 5.74) is 1.24. The SMILES string of the molecule is CO/C=C/c1nc(CO)ccc1OC. The molecule has 0 unspecified atom stereocenters. The second-order valence-corrected chi connectivity index (χ2v) is 2.59. The molecule has 0 saturated carbocycles. The van der Waals surface area contributed by atoms with Crippen molar-refractivity contribution in [3.63, 3.8) is 0 Å². The zero-order valence-electron chi connectivity index (χ0n) is 8.23. The number of pyridine rings is 1. The zero-order chi connectivity index (χ0) is 10.4. The van der Waals surface area contributed by atoms with Gasteiger partial charge in [0.05, 0.1) is 32.8 Å². The van der Waals surface area contributed by atoms with E-state index in [9.17, 15) is 0 Å². The van der Waals surface area contributed by atoms with Crippen LogP contribution in [0.5, 0.6) is 5.75 Å². The highest BCUT2D eigenvalue weighted by Gasteiger charge is 2.02. The van der Waals surface area contributed by atoms with Crippen LogP contribution in [0.2, 0.25) is 0 Å². The minimum atomic E-state index is -0.0855. The van der Waals surface area contributed by atoms with Crippen molar-refractivity contribution in [3.05, 3.63) is 29.8 Å². The molecule has 76 valence electrons. The van der Waals surface area contributed by atoms with E-state index in [4.69, 9.17) is 14.6 Å². The number of hydrogen-bond acceptors (Lipinski definition) is 4. The highest BCUT2D eigenvalue weighted by Crippen LogP contribution is 2.17. The molecule has 0 bridgehead atoms. The van der Waals surface area contributed by atoms with Crippen LogP contribution < -0.4 is 4.74 Å². The first kappa shape index (κ1) is 10.5. The van der Waals surface area contributed by atoms with E-state index in [0.29, 0.717) is 17.1 Å². The largest absolute Gasteiger partial charge is 0.504 e. The molecule has 0 atom stereocenters. The van der Waals surface area contributed by atoms with Gasteiger partial charge in [0.2, 0.25) is 0 Å². The Morgan fingerprint density at radius 3 is 2.79 bits per heavy atom. The van der Waals surface area contributed by atoms with Crippen LogP contribution in [0.25, 0.3) is 6.08 Å². The highest BCUT2D eigenvalue weighted by molar-refractivity contribution is 5.52. The molecular weight excluding hydrogens is 182 g/mol. The maximum atomic E-state index is 8.89. The summed E-state index contributed by atoms with van der Waals surface area (Å²) < 4.78 is 9.87. The van der Waals surface area contributed by atoms with Crippen molar-refractivity contribution in [2.45, 2.75) is 6.61 Å². The molecule has 4 heteroatoms. The quantitative estimate of drug-likeness (QED) is 0.733. The van der Waals surface area contributed by atoms with Crippen LogP contribution in [0, 0.1) is 0 Å². The average molecular weight is 195 g/mol. The van der Waals surface area contributed by atoms with Crippen molar-refractivity contribution in [2.75, 3.05) is 14.2 Å². The molecule has 1 N–H and O–H groups in total. The van der Waals surface area contributed by atoms with E-state index in [-0.39, 0.29) is 6.61 Å². The molecule has 4 nitrogen and oxygen atoms in total. The fraction of sp³-hybridized carbons (Fsp3) is 0.300. The van der Waals surface area contributed by atoms with Gasteiger partial charge >= 0.3 is 0 Å². The third-order valence-corrected chi connectivity index (χ3v) is 1.69. The molecule has 0 aliphatic heterocycles. The van der Waals surface area contributed by atoms with Gasteiger partial charge in [-0.25, -0.2) is 4.98 Å². The maximum absolute atomic E-state index is 8.89. The smallest absolute Gasteiger partial charge is 0.144 e. The summed E-state index contributed by atoms with van der Waals surface area (Å²) in [6.45, 7) is -0.0855. The summed E-state index contributed by atoms with van der Waals surface area (Å²) in [5, 5.41) is 8.89. The number of hydrogen-bond donors (Lipinski definition) is 1. The van der Waals surface area contributed by atoms with Gasteiger partial charge in [-0.2, -0.15) is 0 Å². The molecule has 0 saturated heterocycles. The van der Waals surface area contributed by atoms with Crippen molar-refractivity contribution < 1.29 is 14.6 Å². The summed E-state index contributed by atoms with van der Waals surface area (Å²) in [6, 6.07) is 3.47. The van der Waals surface area contributed by atoms with Crippen molar-refractivity contribution in [1.29, 1.82) is 0 Å². The first-order valence-corrected chi connectivity index (χ1v) is 4.16. The van der Waals surface area contributed by atoms with Crippen LogP contribution in [-0.4, -0.2) is 24.3 Å². The summed E-state index contributed by atoms with van der Waals surface area (Å²) in [7, 11) is 3.12. The summed E-state index contributed by atoms with van der Waals surface area (Å²) in [5.74, 6) is 0.649. The molecule has 1 heterocycles. The van der Waals surface area contributed by atoms with Crippen LogP contribution in [0.1, 0.15) is 11.4 Å². The van der Waals surface area contributed by atoms with Gasteiger partial charge in [0.1, 0.15) is 11.4 Å². The van der Waals surface area contributed by atoms with E-state index in [1.807, 2.05) is 0 Å². The maximum Gasteiger partial charge on any atom is 0.144 e. The molecule has 1 rings (SSSR count). The van der Waals surface area contributed by atoms with Crippen LogP contribution in [0.3, 0.4) is 0 Å². The van der Waals surface area contributed by atoms with Crippen molar-refractivity contribution >= 4 is 6.08 Å². The molecule has 0 fully saturated rings. The number of aliphatic hydroxyl groups is 1. The first-order valence-electron chi connectivity index (χ1n) is 4.16. The van der Waals surface area contributed by atoms with Crippen molar-refractivity contribution in [3.8, 4) is 5.75 Å². The molecule has 0 aliphatic rings. The molecule has 0 aromatic carbocycles. The minimum absolute atomic E-state index is 0.0855. The molecule has 14 heavy (non-hydrogen) atoms. The van der Waals surface area contributed by atoms with Gasteiger partial charge in [-0.3, -0.25) is 0 Å². The number of methoxy groups -OCH3 is 2. The second kappa shape index (κ2) is 5.24. The molecule has 1 aromatic rings. The van der Waals surface area contributed by atoms with E-state index in [0.717, 1.165) is 0 Å². The number of aliphatic hydroxyl groups excluding tert-OH is 1. The average Bonchev–Trinajstić information content (AvgIpc) is 2.25. The Morgan fingerprint density at radius 1 is 1.43 bits per heavy atom. The Morgan fingerprint density at radius 2 is 2.21 bits per heavy atom. The summed E-state index contributed by atoms with van der Waals surface area (Å²) >= 11 is 0. The van der Waals surface area contributed by atoms with Crippen LogP contribution in [0.4, 0.5) is 0 Å². The van der Waals surface area contributed by atoms with Gasteiger partial charge in [-0.1, -0.05) is 0 Å². The monoisotopic (exact) mass is 195 g/mol. The van der Waals surface area contributed by atoms with Gasteiger partial charge in [-0.05, 0) is 12.1 Å². The fourth-order valence-corrected chi connectivity index (χ4v) is 1.02. The summed E-state index contributed by atoms with van der Waals surface area (Å²) in [4.78, 5) is 4.16. The van der Waals surface area contributed by atoms with E-state index in [1.54, 1.807) is 32.4 Å². The number of ether oxygens (including phenoxy) is 2. The predicted octanol–water partition coefficient (Wildman–Crippen LogP) is 1.20. The Bertz CT molecular complexity index is 323. The lowest BCUT2D eigenvalue weighted by Crippen LogP contribution is -1.95. The van der Waals surface area contributed by atoms with Gasteiger partial charge in [0, 0.05) is 6.08 Å². The van der Waals surface area contributed by atoms with Gasteiger partial charge < -0.3 is 14.6 Å². The van der Waals surface area contributed by atoms with Crippen LogP contribution >= 0.6 is 0 Å². The third kappa shape index (κ3) is 2.47. The lowest BCUT2D eigenvalue weighted by Gasteiger charge is -2.05. The predicted molar refractivity (Wildman–Crippen MR) is 52.8 cm³/mol. The molecule has 0 amide bonds. The molecule has 1 aromatic heterocycles. The molecule has 0 aliphatic carbocycles. The fourth-order valence-electron chi connectivity index (χ4n) is 1.02. The topological polar surface area (TPSA) is 51.6 Å². The highest BCUT2D eigenvalue weighted by atomic mass is 16.5. The minimum Gasteiger partial charge on any atom is -0.504 e. The van der Waals surface area contributed by atoms with Gasteiger partial charge in [0.15, 0.2) is 0 Å². The van der Waals surface area contributed by atoms with Crippen molar-refractivity contribution in [1.82, 2.24) is 4.98 Å². The molecular formula is C10H13NO3. The Hall–Kier alpha value is -1.55. The molecule has 0 spiro atoms. The normalized spacial score (nSPS) is 10.5. The van der Waals surface area contributed by atoms with Crippen LogP contribution in [0.15, 0.2) is 18.4 Å². The number of nitrogens with zero attached hydrogens (tertiary/aromatic N) is 1. The van der Waals surface area contributed by atoms with E-state index >= 15 is 0 Å². The van der Waals surface area contributed by atoms with E-state index in [1.165, 1.54) is 6.26 Å². The first-order chi connectivity index (χ1) is 6.81. The van der Waals surface area contributed by atoms with Crippen molar-refractivity contribution in [2.24, 2.45) is 0 Å². The summed E-state index contributed by atoms with van der Waals surface area (Å²) in [6.07, 6.45) is 3.18. The van der Waals surface area contributed by atoms with Crippen LogP contribution in [-0.2, 0) is 11.3 Å². The Labute approximate surface area is 82.8 Å². The lowest BCUT2D eigenvalue weighted by atomic mass is 10.3. The second-order valence-electron chi connectivity index (χ2n) is 2.59. The number of aromatic nitrogens is 1. The standard InChI is InChI=1S/C10H13NO3/c1-13-6-5-9-10(14-2)4-3-8(7-12)11-9/h3-6,12H,7H2,1-2H3/b6-5+. The molecule has 0 radical (unpaired) electrons. The zero-order valence-corrected chi connectivity index (χ0v) is 8.23. The van der Waals surface area contributed by atoms with Gasteiger partial charge in [-0.15, -0.1) is 0 Å². The van der Waals surface area contributed by atoms with E-state index < -0.39 is 0 Å². The Kier molecular flexibility index (Phi) is 3.94. The van der Waals surface area contributed by atoms with E-state index in [2.05, 4.69) is 4.98 Å².